The summed E-state index contributed by atoms with van der Waals surface area (Å²) in [6.07, 6.45) is 0. The van der Waals surface area contributed by atoms with Gasteiger partial charge in [0.05, 0.1) is 0 Å². The predicted octanol–water partition coefficient (Wildman–Crippen LogP) is 10.4. The van der Waals surface area contributed by atoms with Crippen LogP contribution < -0.4 is 17.7 Å². The Morgan fingerprint density at radius 1 is 0.203 bits per heavy atom. The van der Waals surface area contributed by atoms with E-state index in [1.165, 1.54) is 0 Å². The molecule has 0 fully saturated rings. The average molecular weight is 939 g/mol. The Labute approximate surface area is 345 Å². The van der Waals surface area contributed by atoms with Gasteiger partial charge in [-0.1, -0.05) is 0 Å². The Balaban J connectivity index is 2.29. The van der Waals surface area contributed by atoms with Gasteiger partial charge in [0.1, 0.15) is 0 Å². The van der Waals surface area contributed by atoms with Crippen LogP contribution in [0.25, 0.3) is 0 Å². The van der Waals surface area contributed by atoms with E-state index in [0.717, 1.165) is 54.6 Å². The summed E-state index contributed by atoms with van der Waals surface area (Å²) in [6, 6.07) is 10.2. The van der Waals surface area contributed by atoms with Gasteiger partial charge in [-0.25, -0.2) is 0 Å². The van der Waals surface area contributed by atoms with E-state index in [4.69, 9.17) is 0 Å². The van der Waals surface area contributed by atoms with Crippen molar-refractivity contribution in [3.63, 3.8) is 0 Å². The van der Waals surface area contributed by atoms with Crippen LogP contribution in [-0.4, -0.2) is 12.0 Å². The molecule has 0 saturated heterocycles. The zero-order valence-corrected chi connectivity index (χ0v) is 32.0. The van der Waals surface area contributed by atoms with Crippen LogP contribution in [0.2, 0.25) is 0 Å². The Kier molecular flexibility index (Phi) is 11.2. The van der Waals surface area contributed by atoms with Crippen molar-refractivity contribution < 1.29 is 87.8 Å². The van der Waals surface area contributed by atoms with Crippen molar-refractivity contribution in [1.82, 2.24) is 0 Å². The van der Waals surface area contributed by atoms with Crippen LogP contribution in [0.5, 0.6) is 0 Å². The predicted molar refractivity (Wildman–Crippen MR) is 188 cm³/mol. The van der Waals surface area contributed by atoms with Crippen molar-refractivity contribution in [2.45, 2.75) is 4.28 Å². The molecule has 0 amide bonds. The molecule has 332 valence electrons. The molecule has 0 bridgehead atoms. The standard InChI is InChI=1S/C19H15.4C6F5.Al/c1-4-10-16(11-5-1)19(17-12-6-2-7-13-17)18-14-8-3-9-15-18;4*7-2-1-3(8)5(10)6(11)4(2)9;/h1-15H;;;;;/q;;;;;-2. The molecule has 0 atom stereocenters. The second-order valence-electron chi connectivity index (χ2n) is 14.3. The molecule has 0 spiro atoms. The minimum absolute atomic E-state index is 0.481. The van der Waals surface area contributed by atoms with E-state index < -0.39 is 167 Å². The Bertz CT molecular complexity index is 2570. The molecule has 0 nitrogen and oxygen atoms in total. The summed E-state index contributed by atoms with van der Waals surface area (Å²) in [5.41, 5.74) is -4.05. The summed E-state index contributed by atoms with van der Waals surface area (Å²) in [5, 5.41) is 0. The fourth-order valence-electron chi connectivity index (χ4n) is 9.85. The van der Waals surface area contributed by atoms with Crippen molar-refractivity contribution in [3.05, 3.63) is 224 Å². The summed E-state index contributed by atoms with van der Waals surface area (Å²) < 4.78 is 314. The number of rotatable bonds is 8. The van der Waals surface area contributed by atoms with E-state index in [2.05, 4.69) is 0 Å². The van der Waals surface area contributed by atoms with Crippen molar-refractivity contribution in [3.8, 4) is 0 Å². The van der Waals surface area contributed by atoms with Crippen LogP contribution in [0.15, 0.2) is 91.0 Å². The van der Waals surface area contributed by atoms with E-state index in [-0.39, 0.29) is 0 Å². The second kappa shape index (κ2) is 15.7. The fraction of sp³-hybridized carbons (Fsp3) is 0.0233. The molecule has 0 unspecified atom stereocenters. The molecule has 0 aromatic heterocycles. The molecule has 0 saturated carbocycles. The second-order valence-corrected chi connectivity index (χ2v) is 20.3. The molecule has 0 N–H and O–H groups in total. The van der Waals surface area contributed by atoms with Gasteiger partial charge in [-0.15, -0.1) is 0 Å². The van der Waals surface area contributed by atoms with Gasteiger partial charge >= 0.3 is 346 Å². The molecular weight excluding hydrogens is 923 g/mol. The van der Waals surface area contributed by atoms with Gasteiger partial charge in [0.2, 0.25) is 0 Å². The Morgan fingerprint density at radius 3 is 0.500 bits per heavy atom. The molecule has 21 heteroatoms. The SMILES string of the molecule is Fc1c(F)c(F)[c]([Al-2]([c]2c(F)c(F)c(F)c(F)c2F)([c]2c(F)c(F)c(F)c(F)c2F)([c]2c(F)c(F)c(F)c(F)c2F)[C](c2ccccc2)(c2ccccc2)c2ccccc2)c(F)c1F. The van der Waals surface area contributed by atoms with E-state index >= 15 is 87.8 Å². The summed E-state index contributed by atoms with van der Waals surface area (Å²) in [5.74, 6) is -72.0. The number of halogens is 20. The Morgan fingerprint density at radius 2 is 0.344 bits per heavy atom. The molecule has 0 radical (unpaired) electrons. The van der Waals surface area contributed by atoms with Gasteiger partial charge in [0.15, 0.2) is 0 Å². The molecule has 7 rings (SSSR count). The number of hydrogen-bond donors (Lipinski definition) is 0. The average Bonchev–Trinajstić information content (AvgIpc) is 3.30. The van der Waals surface area contributed by atoms with Gasteiger partial charge in [-0.2, -0.15) is 0 Å². The van der Waals surface area contributed by atoms with Crippen LogP contribution in [0.4, 0.5) is 87.8 Å². The number of benzene rings is 7. The minimum atomic E-state index is -11.3. The maximum absolute atomic E-state index is 17.7. The van der Waals surface area contributed by atoms with Crippen molar-refractivity contribution in [1.29, 1.82) is 0 Å². The van der Waals surface area contributed by atoms with Crippen LogP contribution in [0.1, 0.15) is 16.7 Å². The molecule has 64 heavy (non-hydrogen) atoms. The summed E-state index contributed by atoms with van der Waals surface area (Å²) in [7, 11) is 0. The quantitative estimate of drug-likeness (QED) is 0.0468. The third-order valence-corrected chi connectivity index (χ3v) is 21.2. The summed E-state index contributed by atoms with van der Waals surface area (Å²) >= 11 is -11.3. The van der Waals surface area contributed by atoms with E-state index in [1.54, 1.807) is 0 Å². The van der Waals surface area contributed by atoms with Crippen LogP contribution in [-0.2, 0) is 4.28 Å². The van der Waals surface area contributed by atoms with Crippen molar-refractivity contribution >= 4 is 29.7 Å². The molecule has 0 aliphatic carbocycles. The van der Waals surface area contributed by atoms with Gasteiger partial charge in [-0.3, -0.25) is 0 Å². The summed E-state index contributed by atoms with van der Waals surface area (Å²) in [4.78, 5) is 0. The molecule has 0 aliphatic heterocycles. The third-order valence-electron chi connectivity index (χ3n) is 11.8. The summed E-state index contributed by atoms with van der Waals surface area (Å²) in [6.45, 7) is 0. The van der Waals surface area contributed by atoms with Gasteiger partial charge in [-0.05, 0) is 0 Å². The molecule has 7 aromatic rings. The molecular formula is C43H15AlF20-2. The van der Waals surface area contributed by atoms with Gasteiger partial charge < -0.3 is 0 Å². The van der Waals surface area contributed by atoms with Crippen LogP contribution >= 0.6 is 0 Å². The topological polar surface area (TPSA) is 0 Å². The van der Waals surface area contributed by atoms with E-state index in [1.807, 2.05) is 0 Å². The Hall–Kier alpha value is -6.33. The fourth-order valence-corrected chi connectivity index (χ4v) is 21.0. The van der Waals surface area contributed by atoms with E-state index in [0.29, 0.717) is 36.4 Å². The van der Waals surface area contributed by atoms with Gasteiger partial charge in [0.25, 0.3) is 0 Å². The van der Waals surface area contributed by atoms with Crippen molar-refractivity contribution in [2.75, 3.05) is 0 Å². The zero-order chi connectivity index (χ0) is 47.1. The van der Waals surface area contributed by atoms with Gasteiger partial charge in [0, 0.05) is 0 Å². The molecule has 0 heterocycles. The van der Waals surface area contributed by atoms with Crippen LogP contribution in [0, 0.1) is 116 Å². The monoisotopic (exact) mass is 938 g/mol. The number of hydrogen-bond acceptors (Lipinski definition) is 0. The molecule has 0 aliphatic rings. The first-order valence-corrected chi connectivity index (χ1v) is 20.6. The maximum atomic E-state index is 17.7. The molecule has 7 aromatic carbocycles. The van der Waals surface area contributed by atoms with Crippen molar-refractivity contribution in [2.24, 2.45) is 0 Å². The first-order valence-electron chi connectivity index (χ1n) is 17.7. The zero-order valence-electron chi connectivity index (χ0n) is 30.8. The first kappa shape index (κ1) is 45.7. The normalized spacial score (nSPS) is 12.7. The van der Waals surface area contributed by atoms with E-state index in [9.17, 15) is 0 Å². The first-order chi connectivity index (χ1) is 30.1. The third kappa shape index (κ3) is 5.39. The van der Waals surface area contributed by atoms with Crippen LogP contribution in [0.3, 0.4) is 0 Å².